The summed E-state index contributed by atoms with van der Waals surface area (Å²) < 4.78 is 5.07. The Labute approximate surface area is 66.8 Å². The van der Waals surface area contributed by atoms with Crippen LogP contribution in [0.2, 0.25) is 0 Å². The van der Waals surface area contributed by atoms with Gasteiger partial charge in [-0.1, -0.05) is 20.8 Å². The van der Waals surface area contributed by atoms with Gasteiger partial charge in [-0.25, -0.2) is 4.98 Å². The summed E-state index contributed by atoms with van der Waals surface area (Å²) in [6, 6.07) is 0. The van der Waals surface area contributed by atoms with E-state index in [1.54, 1.807) is 13.4 Å². The highest BCUT2D eigenvalue weighted by Gasteiger charge is 2.20. The van der Waals surface area contributed by atoms with Gasteiger partial charge in [0.05, 0.1) is 19.1 Å². The lowest BCUT2D eigenvalue weighted by atomic mass is 9.93. The fourth-order valence-corrected chi connectivity index (χ4v) is 0.974. The zero-order chi connectivity index (χ0) is 8.48. The van der Waals surface area contributed by atoms with Crippen LogP contribution in [0.5, 0.6) is 5.88 Å². The van der Waals surface area contributed by atoms with Crippen molar-refractivity contribution >= 4 is 0 Å². The number of aromatic nitrogens is 2. The highest BCUT2D eigenvalue weighted by atomic mass is 16.5. The van der Waals surface area contributed by atoms with Gasteiger partial charge >= 0.3 is 0 Å². The second-order valence-electron chi connectivity index (χ2n) is 3.54. The Morgan fingerprint density at radius 1 is 1.45 bits per heavy atom. The van der Waals surface area contributed by atoms with Gasteiger partial charge in [0.25, 0.3) is 0 Å². The van der Waals surface area contributed by atoms with Crippen LogP contribution in [-0.4, -0.2) is 17.1 Å². The number of hydrogen-bond donors (Lipinski definition) is 1. The van der Waals surface area contributed by atoms with E-state index in [1.165, 1.54) is 0 Å². The molecule has 1 rings (SSSR count). The molecule has 0 atom stereocenters. The number of aromatic amines is 1. The van der Waals surface area contributed by atoms with Gasteiger partial charge in [0.1, 0.15) is 0 Å². The molecule has 0 aromatic carbocycles. The molecule has 0 radical (unpaired) electrons. The van der Waals surface area contributed by atoms with Crippen molar-refractivity contribution in [2.75, 3.05) is 7.11 Å². The predicted molar refractivity (Wildman–Crippen MR) is 43.8 cm³/mol. The van der Waals surface area contributed by atoms with Crippen LogP contribution < -0.4 is 4.74 Å². The number of rotatable bonds is 1. The molecule has 0 saturated carbocycles. The van der Waals surface area contributed by atoms with Crippen molar-refractivity contribution in [1.82, 2.24) is 9.97 Å². The Morgan fingerprint density at radius 2 is 2.09 bits per heavy atom. The van der Waals surface area contributed by atoms with E-state index in [0.29, 0.717) is 5.88 Å². The van der Waals surface area contributed by atoms with Crippen molar-refractivity contribution in [3.05, 3.63) is 12.0 Å². The number of ether oxygens (including phenoxy) is 1. The van der Waals surface area contributed by atoms with Gasteiger partial charge in [-0.05, 0) is 0 Å². The van der Waals surface area contributed by atoms with Crippen LogP contribution in [0.3, 0.4) is 0 Å². The predicted octanol–water partition coefficient (Wildman–Crippen LogP) is 1.72. The average Bonchev–Trinajstić information content (AvgIpc) is 2.31. The van der Waals surface area contributed by atoms with Crippen LogP contribution in [0.1, 0.15) is 26.5 Å². The van der Waals surface area contributed by atoms with Crippen LogP contribution in [0.4, 0.5) is 0 Å². The highest BCUT2D eigenvalue weighted by molar-refractivity contribution is 5.24. The number of hydrogen-bond acceptors (Lipinski definition) is 2. The molecule has 3 nitrogen and oxygen atoms in total. The minimum Gasteiger partial charge on any atom is -0.480 e. The second kappa shape index (κ2) is 2.57. The SMILES string of the molecule is COc1nc[nH]c1C(C)(C)C. The van der Waals surface area contributed by atoms with Crippen molar-refractivity contribution in [2.24, 2.45) is 0 Å². The van der Waals surface area contributed by atoms with Gasteiger partial charge in [0.2, 0.25) is 5.88 Å². The molecule has 1 aromatic rings. The standard InChI is InChI=1S/C8H14N2O/c1-8(2,3)6-7(11-4)10-5-9-6/h5H,1-4H3,(H,9,10). The molecule has 1 aromatic heterocycles. The summed E-state index contributed by atoms with van der Waals surface area (Å²) in [4.78, 5) is 7.08. The first-order chi connectivity index (χ1) is 5.05. The Balaban J connectivity index is 3.02. The van der Waals surface area contributed by atoms with Gasteiger partial charge in [0.15, 0.2) is 0 Å². The summed E-state index contributed by atoms with van der Waals surface area (Å²) in [5.41, 5.74) is 1.11. The Hall–Kier alpha value is -0.990. The highest BCUT2D eigenvalue weighted by Crippen LogP contribution is 2.26. The molecule has 0 aliphatic carbocycles. The number of imidazole rings is 1. The Kier molecular flexibility index (Phi) is 1.89. The van der Waals surface area contributed by atoms with Gasteiger partial charge in [-0.2, -0.15) is 0 Å². The van der Waals surface area contributed by atoms with Gasteiger partial charge in [-0.3, -0.25) is 0 Å². The zero-order valence-electron chi connectivity index (χ0n) is 7.43. The molecule has 0 spiro atoms. The lowest BCUT2D eigenvalue weighted by molar-refractivity contribution is 0.382. The molecule has 0 bridgehead atoms. The van der Waals surface area contributed by atoms with Crippen molar-refractivity contribution in [3.8, 4) is 5.88 Å². The van der Waals surface area contributed by atoms with E-state index in [0.717, 1.165) is 5.69 Å². The van der Waals surface area contributed by atoms with Crippen LogP contribution in [0, 0.1) is 0 Å². The third kappa shape index (κ3) is 1.53. The van der Waals surface area contributed by atoms with Gasteiger partial charge in [0, 0.05) is 5.41 Å². The van der Waals surface area contributed by atoms with Crippen LogP contribution in [-0.2, 0) is 5.41 Å². The Bertz CT molecular complexity index is 234. The molecule has 0 unspecified atom stereocenters. The summed E-state index contributed by atoms with van der Waals surface area (Å²) in [5, 5.41) is 0. The van der Waals surface area contributed by atoms with Gasteiger partial charge < -0.3 is 9.72 Å². The molecule has 0 aliphatic rings. The summed E-state index contributed by atoms with van der Waals surface area (Å²) in [6.07, 6.45) is 1.65. The van der Waals surface area contributed by atoms with E-state index < -0.39 is 0 Å². The van der Waals surface area contributed by atoms with Crippen molar-refractivity contribution < 1.29 is 4.74 Å². The third-order valence-corrected chi connectivity index (χ3v) is 1.55. The Morgan fingerprint density at radius 3 is 2.45 bits per heavy atom. The van der Waals surface area contributed by atoms with E-state index in [-0.39, 0.29) is 5.41 Å². The maximum absolute atomic E-state index is 5.07. The zero-order valence-corrected chi connectivity index (χ0v) is 7.43. The van der Waals surface area contributed by atoms with E-state index in [4.69, 9.17) is 4.74 Å². The largest absolute Gasteiger partial charge is 0.480 e. The second-order valence-corrected chi connectivity index (χ2v) is 3.54. The van der Waals surface area contributed by atoms with Crippen LogP contribution in [0.15, 0.2) is 6.33 Å². The quantitative estimate of drug-likeness (QED) is 0.668. The molecule has 3 heteroatoms. The lowest BCUT2D eigenvalue weighted by Crippen LogP contribution is -2.12. The lowest BCUT2D eigenvalue weighted by Gasteiger charge is -2.16. The first-order valence-electron chi connectivity index (χ1n) is 3.63. The summed E-state index contributed by atoms with van der Waals surface area (Å²) in [7, 11) is 1.63. The van der Waals surface area contributed by atoms with Gasteiger partial charge in [-0.15, -0.1) is 0 Å². The number of H-pyrrole nitrogens is 1. The first kappa shape index (κ1) is 8.11. The maximum Gasteiger partial charge on any atom is 0.235 e. The van der Waals surface area contributed by atoms with Crippen molar-refractivity contribution in [3.63, 3.8) is 0 Å². The monoisotopic (exact) mass is 154 g/mol. The van der Waals surface area contributed by atoms with E-state index >= 15 is 0 Å². The third-order valence-electron chi connectivity index (χ3n) is 1.55. The maximum atomic E-state index is 5.07. The first-order valence-corrected chi connectivity index (χ1v) is 3.63. The molecule has 0 saturated heterocycles. The van der Waals surface area contributed by atoms with Crippen molar-refractivity contribution in [2.45, 2.75) is 26.2 Å². The fraction of sp³-hybridized carbons (Fsp3) is 0.625. The van der Waals surface area contributed by atoms with E-state index in [1.807, 2.05) is 0 Å². The molecular formula is C8H14N2O. The average molecular weight is 154 g/mol. The molecular weight excluding hydrogens is 140 g/mol. The molecule has 0 fully saturated rings. The summed E-state index contributed by atoms with van der Waals surface area (Å²) >= 11 is 0. The number of methoxy groups -OCH3 is 1. The molecule has 11 heavy (non-hydrogen) atoms. The normalized spacial score (nSPS) is 11.6. The molecule has 1 N–H and O–H groups in total. The molecule has 0 aliphatic heterocycles. The molecule has 0 amide bonds. The minimum atomic E-state index is 0.0713. The molecule has 1 heterocycles. The summed E-state index contributed by atoms with van der Waals surface area (Å²) in [5.74, 6) is 0.692. The van der Waals surface area contributed by atoms with E-state index in [9.17, 15) is 0 Å². The minimum absolute atomic E-state index is 0.0713. The topological polar surface area (TPSA) is 37.9 Å². The smallest absolute Gasteiger partial charge is 0.235 e. The summed E-state index contributed by atoms with van der Waals surface area (Å²) in [6.45, 7) is 6.34. The fourth-order valence-electron chi connectivity index (χ4n) is 0.974. The number of nitrogens with one attached hydrogen (secondary N) is 1. The van der Waals surface area contributed by atoms with Crippen LogP contribution >= 0.6 is 0 Å². The molecule has 62 valence electrons. The number of nitrogens with zero attached hydrogens (tertiary/aromatic N) is 1. The van der Waals surface area contributed by atoms with E-state index in [2.05, 4.69) is 30.7 Å². The van der Waals surface area contributed by atoms with Crippen molar-refractivity contribution in [1.29, 1.82) is 0 Å². The van der Waals surface area contributed by atoms with Crippen LogP contribution in [0.25, 0.3) is 0 Å².